The zero-order chi connectivity index (χ0) is 14.1. The Hall–Kier alpha value is -2.52. The van der Waals surface area contributed by atoms with Gasteiger partial charge in [-0.25, -0.2) is 4.79 Å². The van der Waals surface area contributed by atoms with Gasteiger partial charge < -0.3 is 10.1 Å². The minimum Gasteiger partial charge on any atom is -0.453 e. The molecule has 0 aliphatic carbocycles. The second-order valence-electron chi connectivity index (χ2n) is 3.55. The zero-order valence-corrected chi connectivity index (χ0v) is 10.5. The van der Waals surface area contributed by atoms with E-state index in [4.69, 9.17) is 6.42 Å². The highest BCUT2D eigenvalue weighted by Crippen LogP contribution is 2.15. The van der Waals surface area contributed by atoms with Crippen molar-refractivity contribution >= 4 is 23.4 Å². The molecule has 0 aliphatic heterocycles. The largest absolute Gasteiger partial charge is 0.453 e. The second kappa shape index (κ2) is 7.74. The van der Waals surface area contributed by atoms with E-state index in [-0.39, 0.29) is 12.5 Å². The van der Waals surface area contributed by atoms with Gasteiger partial charge in [-0.15, -0.1) is 6.42 Å². The van der Waals surface area contributed by atoms with Crippen LogP contribution in [0, 0.1) is 12.3 Å². The number of ether oxygens (including phenoxy) is 1. The molecule has 2 amide bonds. The number of carbonyl (C=O) groups excluding carboxylic acids is 2. The van der Waals surface area contributed by atoms with E-state index < -0.39 is 6.09 Å². The first kappa shape index (κ1) is 14.5. The number of benzene rings is 1. The van der Waals surface area contributed by atoms with Crippen LogP contribution in [0.15, 0.2) is 24.3 Å². The Morgan fingerprint density at radius 1 is 1.32 bits per heavy atom. The van der Waals surface area contributed by atoms with Crippen LogP contribution in [-0.4, -0.2) is 32.2 Å². The Morgan fingerprint density at radius 2 is 2.00 bits per heavy atom. The Balaban J connectivity index is 2.54. The molecule has 19 heavy (non-hydrogen) atoms. The van der Waals surface area contributed by atoms with Gasteiger partial charge in [0.25, 0.3) is 0 Å². The van der Waals surface area contributed by atoms with Gasteiger partial charge in [0, 0.05) is 11.4 Å². The first-order valence-electron chi connectivity index (χ1n) is 5.54. The predicted molar refractivity (Wildman–Crippen MR) is 72.8 cm³/mol. The summed E-state index contributed by atoms with van der Waals surface area (Å²) >= 11 is 0. The summed E-state index contributed by atoms with van der Waals surface area (Å²) in [6.45, 7) is 0.455. The number of hydrogen-bond acceptors (Lipinski definition) is 4. The molecule has 1 rings (SSSR count). The Labute approximate surface area is 111 Å². The van der Waals surface area contributed by atoms with E-state index in [1.807, 2.05) is 0 Å². The number of rotatable bonds is 5. The van der Waals surface area contributed by atoms with Gasteiger partial charge in [0.05, 0.1) is 20.2 Å². The summed E-state index contributed by atoms with van der Waals surface area (Å²) in [6.07, 6.45) is 4.48. The first-order valence-corrected chi connectivity index (χ1v) is 5.54. The van der Waals surface area contributed by atoms with Crippen LogP contribution in [0.1, 0.15) is 0 Å². The smallest absolute Gasteiger partial charge is 0.411 e. The molecule has 0 atom stereocenters. The Kier molecular flexibility index (Phi) is 5.92. The highest BCUT2D eigenvalue weighted by Gasteiger charge is 2.04. The Morgan fingerprint density at radius 3 is 2.63 bits per heavy atom. The number of carbonyl (C=O) groups is 2. The van der Waals surface area contributed by atoms with Crippen molar-refractivity contribution in [2.75, 3.05) is 30.8 Å². The predicted octanol–water partition coefficient (Wildman–Crippen LogP) is 1.03. The highest BCUT2D eigenvalue weighted by molar-refractivity contribution is 5.93. The van der Waals surface area contributed by atoms with Crippen molar-refractivity contribution < 1.29 is 14.3 Å². The van der Waals surface area contributed by atoms with Crippen LogP contribution in [0.5, 0.6) is 0 Å². The molecule has 0 aromatic heterocycles. The molecule has 100 valence electrons. The summed E-state index contributed by atoms with van der Waals surface area (Å²) in [5.74, 6) is 2.15. The number of methoxy groups -OCH3 is 1. The first-order chi connectivity index (χ1) is 9.15. The molecule has 0 saturated carbocycles. The summed E-state index contributed by atoms with van der Waals surface area (Å²) in [5.41, 5.74) is 1.10. The summed E-state index contributed by atoms with van der Waals surface area (Å²) in [4.78, 5) is 22.6. The van der Waals surface area contributed by atoms with Crippen molar-refractivity contribution in [2.45, 2.75) is 0 Å². The third kappa shape index (κ3) is 5.57. The van der Waals surface area contributed by atoms with E-state index in [9.17, 15) is 9.59 Å². The number of nitrogens with one attached hydrogen (secondary N) is 3. The molecule has 1 aromatic carbocycles. The van der Waals surface area contributed by atoms with Crippen LogP contribution in [0.25, 0.3) is 0 Å². The van der Waals surface area contributed by atoms with Crippen LogP contribution in [0.2, 0.25) is 0 Å². The van der Waals surface area contributed by atoms with Crippen molar-refractivity contribution in [1.29, 1.82) is 0 Å². The molecule has 0 fully saturated rings. The van der Waals surface area contributed by atoms with E-state index in [1.54, 1.807) is 24.3 Å². The average molecular weight is 261 g/mol. The van der Waals surface area contributed by atoms with Crippen LogP contribution in [-0.2, 0) is 9.53 Å². The molecule has 0 radical (unpaired) electrons. The van der Waals surface area contributed by atoms with Crippen molar-refractivity contribution in [3.63, 3.8) is 0 Å². The van der Waals surface area contributed by atoms with Gasteiger partial charge in [-0.3, -0.25) is 15.4 Å². The average Bonchev–Trinajstić information content (AvgIpc) is 2.39. The fraction of sp³-hybridized carbons (Fsp3) is 0.231. The van der Waals surface area contributed by atoms with Crippen LogP contribution >= 0.6 is 0 Å². The van der Waals surface area contributed by atoms with E-state index >= 15 is 0 Å². The standard InChI is InChI=1S/C13H15N3O3/c1-3-7-14-9-12(17)15-10-5-4-6-11(8-10)16-13(18)19-2/h1,4-6,8,14H,7,9H2,2H3,(H,15,17)(H,16,18). The highest BCUT2D eigenvalue weighted by atomic mass is 16.5. The fourth-order valence-electron chi connectivity index (χ4n) is 1.30. The quantitative estimate of drug-likeness (QED) is 0.546. The third-order valence-electron chi connectivity index (χ3n) is 2.09. The molecular weight excluding hydrogens is 246 g/mol. The molecule has 0 heterocycles. The van der Waals surface area contributed by atoms with Crippen LogP contribution in [0.3, 0.4) is 0 Å². The topological polar surface area (TPSA) is 79.5 Å². The molecule has 1 aromatic rings. The van der Waals surface area contributed by atoms with Gasteiger partial charge in [0.1, 0.15) is 0 Å². The number of anilines is 2. The zero-order valence-electron chi connectivity index (χ0n) is 10.5. The monoisotopic (exact) mass is 261 g/mol. The van der Waals surface area contributed by atoms with E-state index in [0.717, 1.165) is 0 Å². The molecule has 6 heteroatoms. The molecule has 3 N–H and O–H groups in total. The van der Waals surface area contributed by atoms with Gasteiger partial charge in [-0.2, -0.15) is 0 Å². The lowest BCUT2D eigenvalue weighted by molar-refractivity contribution is -0.115. The van der Waals surface area contributed by atoms with Gasteiger partial charge in [0.15, 0.2) is 0 Å². The number of hydrogen-bond donors (Lipinski definition) is 3. The minimum absolute atomic E-state index is 0.124. The number of terminal acetylenes is 1. The molecule has 6 nitrogen and oxygen atoms in total. The van der Waals surface area contributed by atoms with Crippen LogP contribution < -0.4 is 16.0 Å². The lowest BCUT2D eigenvalue weighted by Crippen LogP contribution is -2.28. The van der Waals surface area contributed by atoms with Gasteiger partial charge in [0.2, 0.25) is 5.91 Å². The lowest BCUT2D eigenvalue weighted by atomic mass is 10.2. The van der Waals surface area contributed by atoms with Crippen molar-refractivity contribution in [1.82, 2.24) is 5.32 Å². The number of amides is 2. The maximum Gasteiger partial charge on any atom is 0.411 e. The Bertz CT molecular complexity index is 494. The van der Waals surface area contributed by atoms with Gasteiger partial charge >= 0.3 is 6.09 Å². The molecule has 0 unspecified atom stereocenters. The van der Waals surface area contributed by atoms with Crippen LogP contribution in [0.4, 0.5) is 16.2 Å². The normalized spacial score (nSPS) is 9.26. The minimum atomic E-state index is -0.570. The SMILES string of the molecule is C#CCNCC(=O)Nc1cccc(NC(=O)OC)c1. The summed E-state index contributed by atoms with van der Waals surface area (Å²) < 4.78 is 4.47. The van der Waals surface area contributed by atoms with Crippen molar-refractivity contribution in [2.24, 2.45) is 0 Å². The summed E-state index contributed by atoms with van der Waals surface area (Å²) in [7, 11) is 1.28. The van der Waals surface area contributed by atoms with Gasteiger partial charge in [-0.1, -0.05) is 12.0 Å². The second-order valence-corrected chi connectivity index (χ2v) is 3.55. The molecular formula is C13H15N3O3. The van der Waals surface area contributed by atoms with Crippen molar-refractivity contribution in [3.05, 3.63) is 24.3 Å². The van der Waals surface area contributed by atoms with E-state index in [1.165, 1.54) is 7.11 Å². The summed E-state index contributed by atoms with van der Waals surface area (Å²) in [5, 5.41) is 7.95. The summed E-state index contributed by atoms with van der Waals surface area (Å²) in [6, 6.07) is 6.72. The van der Waals surface area contributed by atoms with Crippen molar-refractivity contribution in [3.8, 4) is 12.3 Å². The molecule has 0 spiro atoms. The third-order valence-corrected chi connectivity index (χ3v) is 2.09. The lowest BCUT2D eigenvalue weighted by Gasteiger charge is -2.08. The molecule has 0 bridgehead atoms. The fourth-order valence-corrected chi connectivity index (χ4v) is 1.30. The maximum absolute atomic E-state index is 11.5. The van der Waals surface area contributed by atoms with Gasteiger partial charge in [-0.05, 0) is 18.2 Å². The van der Waals surface area contributed by atoms with E-state index in [0.29, 0.717) is 17.9 Å². The maximum atomic E-state index is 11.5. The van der Waals surface area contributed by atoms with E-state index in [2.05, 4.69) is 26.6 Å². The molecule has 0 aliphatic rings. The molecule has 0 saturated heterocycles.